The van der Waals surface area contributed by atoms with Gasteiger partial charge in [0, 0.05) is 19.0 Å². The van der Waals surface area contributed by atoms with Crippen LogP contribution in [0.5, 0.6) is 0 Å². The Morgan fingerprint density at radius 1 is 1.47 bits per heavy atom. The number of carbonyl (C=O) groups is 2. The van der Waals surface area contributed by atoms with Crippen LogP contribution in [-0.4, -0.2) is 34.8 Å². The number of hydrogen-bond acceptors (Lipinski definition) is 2. The van der Waals surface area contributed by atoms with E-state index < -0.39 is 5.54 Å². The zero-order valence-electron chi connectivity index (χ0n) is 9.38. The number of carbonyl (C=O) groups excluding carboxylic acids is 2. The minimum Gasteiger partial charge on any atom is -0.342 e. The molecule has 1 heterocycles. The SMILES string of the molecule is CCC1(C)NC(=O)CCN(C2CC2)C1=O. The van der Waals surface area contributed by atoms with Crippen molar-refractivity contribution < 1.29 is 9.59 Å². The van der Waals surface area contributed by atoms with Crippen LogP contribution >= 0.6 is 0 Å². The van der Waals surface area contributed by atoms with Crippen molar-refractivity contribution in [3.63, 3.8) is 0 Å². The van der Waals surface area contributed by atoms with Gasteiger partial charge in [0.25, 0.3) is 0 Å². The summed E-state index contributed by atoms with van der Waals surface area (Å²) in [5.41, 5.74) is -0.684. The number of amides is 2. The molecule has 2 fully saturated rings. The predicted octanol–water partition coefficient (Wildman–Crippen LogP) is 0.666. The maximum absolute atomic E-state index is 12.2. The van der Waals surface area contributed by atoms with Crippen molar-refractivity contribution in [1.29, 1.82) is 0 Å². The van der Waals surface area contributed by atoms with E-state index in [0.717, 1.165) is 12.8 Å². The van der Waals surface area contributed by atoms with Crippen LogP contribution < -0.4 is 5.32 Å². The van der Waals surface area contributed by atoms with Crippen LogP contribution in [0.1, 0.15) is 39.5 Å². The van der Waals surface area contributed by atoms with Gasteiger partial charge in [0.15, 0.2) is 0 Å². The second kappa shape index (κ2) is 3.51. The zero-order valence-corrected chi connectivity index (χ0v) is 9.38. The summed E-state index contributed by atoms with van der Waals surface area (Å²) in [6, 6.07) is 0.399. The van der Waals surface area contributed by atoms with E-state index in [4.69, 9.17) is 0 Å². The first-order valence-corrected chi connectivity index (χ1v) is 5.69. The second-order valence-electron chi connectivity index (χ2n) is 4.71. The van der Waals surface area contributed by atoms with E-state index in [-0.39, 0.29) is 11.8 Å². The number of nitrogens with one attached hydrogen (secondary N) is 1. The van der Waals surface area contributed by atoms with Crippen LogP contribution in [-0.2, 0) is 9.59 Å². The minimum atomic E-state index is -0.684. The van der Waals surface area contributed by atoms with Crippen LogP contribution in [0.15, 0.2) is 0 Å². The van der Waals surface area contributed by atoms with Gasteiger partial charge in [-0.25, -0.2) is 0 Å². The van der Waals surface area contributed by atoms with E-state index in [9.17, 15) is 9.59 Å². The third-order valence-corrected chi connectivity index (χ3v) is 3.42. The number of hydrogen-bond donors (Lipinski definition) is 1. The molecule has 2 amide bonds. The molecule has 0 radical (unpaired) electrons. The fourth-order valence-electron chi connectivity index (χ4n) is 2.04. The van der Waals surface area contributed by atoms with Gasteiger partial charge in [-0.3, -0.25) is 9.59 Å². The molecule has 1 N–H and O–H groups in total. The Balaban J connectivity index is 2.22. The van der Waals surface area contributed by atoms with Crippen molar-refractivity contribution in [2.24, 2.45) is 0 Å². The average Bonchev–Trinajstić information content (AvgIpc) is 3.00. The molecule has 15 heavy (non-hydrogen) atoms. The molecular formula is C11H18N2O2. The summed E-state index contributed by atoms with van der Waals surface area (Å²) in [4.78, 5) is 25.6. The molecule has 1 atom stereocenters. The van der Waals surface area contributed by atoms with E-state index >= 15 is 0 Å². The first kappa shape index (κ1) is 10.5. The molecule has 4 heteroatoms. The van der Waals surface area contributed by atoms with E-state index in [1.54, 1.807) is 0 Å². The topological polar surface area (TPSA) is 49.4 Å². The Hall–Kier alpha value is -1.06. The van der Waals surface area contributed by atoms with Crippen molar-refractivity contribution in [2.75, 3.05) is 6.54 Å². The highest BCUT2D eigenvalue weighted by atomic mass is 16.2. The molecule has 0 aromatic heterocycles. The third kappa shape index (κ3) is 1.85. The number of nitrogens with zero attached hydrogens (tertiary/aromatic N) is 1. The van der Waals surface area contributed by atoms with Crippen molar-refractivity contribution in [3.8, 4) is 0 Å². The van der Waals surface area contributed by atoms with Crippen LogP contribution in [0.3, 0.4) is 0 Å². The van der Waals surface area contributed by atoms with Gasteiger partial charge in [0.05, 0.1) is 0 Å². The first-order valence-electron chi connectivity index (χ1n) is 5.69. The molecule has 4 nitrogen and oxygen atoms in total. The van der Waals surface area contributed by atoms with E-state index in [2.05, 4.69) is 5.32 Å². The van der Waals surface area contributed by atoms with E-state index in [1.807, 2.05) is 18.7 Å². The molecule has 0 aromatic carbocycles. The van der Waals surface area contributed by atoms with Crippen LogP contribution in [0.25, 0.3) is 0 Å². The van der Waals surface area contributed by atoms with Gasteiger partial charge in [-0.05, 0) is 26.2 Å². The summed E-state index contributed by atoms with van der Waals surface area (Å²) in [5.74, 6) is 0.0919. The zero-order chi connectivity index (χ0) is 11.1. The molecule has 2 rings (SSSR count). The molecular weight excluding hydrogens is 192 g/mol. The van der Waals surface area contributed by atoms with Gasteiger partial charge in [-0.2, -0.15) is 0 Å². The van der Waals surface area contributed by atoms with E-state index in [0.29, 0.717) is 25.4 Å². The third-order valence-electron chi connectivity index (χ3n) is 3.42. The van der Waals surface area contributed by atoms with E-state index in [1.165, 1.54) is 0 Å². The van der Waals surface area contributed by atoms with Crippen LogP contribution in [0.2, 0.25) is 0 Å². The lowest BCUT2D eigenvalue weighted by atomic mass is 9.97. The maximum atomic E-state index is 12.2. The van der Waals surface area contributed by atoms with Gasteiger partial charge in [0.1, 0.15) is 5.54 Å². The Morgan fingerprint density at radius 3 is 2.67 bits per heavy atom. The lowest BCUT2D eigenvalue weighted by molar-refractivity contribution is -0.138. The number of rotatable bonds is 2. The Bertz CT molecular complexity index is 299. The highest BCUT2D eigenvalue weighted by Gasteiger charge is 2.43. The molecule has 1 saturated heterocycles. The largest absolute Gasteiger partial charge is 0.342 e. The van der Waals surface area contributed by atoms with Crippen molar-refractivity contribution >= 4 is 11.8 Å². The summed E-state index contributed by atoms with van der Waals surface area (Å²) in [5, 5.41) is 2.84. The summed E-state index contributed by atoms with van der Waals surface area (Å²) >= 11 is 0. The van der Waals surface area contributed by atoms with Gasteiger partial charge in [0.2, 0.25) is 11.8 Å². The van der Waals surface area contributed by atoms with Gasteiger partial charge in [-0.15, -0.1) is 0 Å². The quantitative estimate of drug-likeness (QED) is 0.728. The standard InChI is InChI=1S/C11H18N2O2/c1-3-11(2)10(15)13(8-4-5-8)7-6-9(14)12-11/h8H,3-7H2,1-2H3,(H,12,14). The molecule has 0 aromatic rings. The monoisotopic (exact) mass is 210 g/mol. The Morgan fingerprint density at radius 2 is 2.13 bits per heavy atom. The molecule has 0 spiro atoms. The Labute approximate surface area is 90.0 Å². The smallest absolute Gasteiger partial charge is 0.248 e. The van der Waals surface area contributed by atoms with Gasteiger partial charge < -0.3 is 10.2 Å². The lowest BCUT2D eigenvalue weighted by Crippen LogP contribution is -2.55. The maximum Gasteiger partial charge on any atom is 0.248 e. The molecule has 1 saturated carbocycles. The molecule has 84 valence electrons. The second-order valence-corrected chi connectivity index (χ2v) is 4.71. The minimum absolute atomic E-state index is 0.00384. The van der Waals surface area contributed by atoms with Crippen LogP contribution in [0.4, 0.5) is 0 Å². The van der Waals surface area contributed by atoms with Crippen molar-refractivity contribution in [2.45, 2.75) is 51.1 Å². The predicted molar refractivity (Wildman–Crippen MR) is 56.2 cm³/mol. The summed E-state index contributed by atoms with van der Waals surface area (Å²) < 4.78 is 0. The fraction of sp³-hybridized carbons (Fsp3) is 0.818. The summed E-state index contributed by atoms with van der Waals surface area (Å²) in [6.07, 6.45) is 3.29. The normalized spacial score (nSPS) is 32.5. The molecule has 1 unspecified atom stereocenters. The average molecular weight is 210 g/mol. The van der Waals surface area contributed by atoms with Gasteiger partial charge >= 0.3 is 0 Å². The highest BCUT2D eigenvalue weighted by Crippen LogP contribution is 2.30. The van der Waals surface area contributed by atoms with Crippen molar-refractivity contribution in [1.82, 2.24) is 10.2 Å². The summed E-state index contributed by atoms with van der Waals surface area (Å²) in [6.45, 7) is 4.35. The van der Waals surface area contributed by atoms with Crippen molar-refractivity contribution in [3.05, 3.63) is 0 Å². The van der Waals surface area contributed by atoms with Gasteiger partial charge in [-0.1, -0.05) is 6.92 Å². The molecule has 0 bridgehead atoms. The molecule has 1 aliphatic carbocycles. The Kier molecular flexibility index (Phi) is 2.44. The molecule has 1 aliphatic heterocycles. The fourth-order valence-corrected chi connectivity index (χ4v) is 2.04. The summed E-state index contributed by atoms with van der Waals surface area (Å²) in [7, 11) is 0. The lowest BCUT2D eigenvalue weighted by Gasteiger charge is -2.31. The molecule has 2 aliphatic rings. The first-order chi connectivity index (χ1) is 7.07. The van der Waals surface area contributed by atoms with Crippen LogP contribution in [0, 0.1) is 0 Å². The highest BCUT2D eigenvalue weighted by molar-refractivity contribution is 5.93.